The summed E-state index contributed by atoms with van der Waals surface area (Å²) in [5.41, 5.74) is 0. The van der Waals surface area contributed by atoms with E-state index in [1.807, 2.05) is 18.2 Å². The summed E-state index contributed by atoms with van der Waals surface area (Å²) in [5.74, 6) is -0.992. The quantitative estimate of drug-likeness (QED) is 0.251. The number of benzene rings is 1. The van der Waals surface area contributed by atoms with Gasteiger partial charge in [0.05, 0.1) is 6.61 Å². The van der Waals surface area contributed by atoms with Crippen molar-refractivity contribution >= 4 is 76.1 Å². The number of halogens is 4. The maximum Gasteiger partial charge on any atom is 0.643 e. The Morgan fingerprint density at radius 1 is 1.20 bits per heavy atom. The minimum Gasteiger partial charge on any atom is -0.459 e. The van der Waals surface area contributed by atoms with E-state index in [1.54, 1.807) is 18.7 Å². The molecule has 0 bridgehead atoms. The first-order chi connectivity index (χ1) is 9.34. The molecular formula is C11H13AlCl4O3S. The van der Waals surface area contributed by atoms with Gasteiger partial charge >= 0.3 is 22.6 Å². The van der Waals surface area contributed by atoms with Gasteiger partial charge in [-0.15, -0.1) is 11.8 Å². The van der Waals surface area contributed by atoms with Crippen LogP contribution in [0.5, 0.6) is 0 Å². The summed E-state index contributed by atoms with van der Waals surface area (Å²) < 4.78 is 4.18. The fraction of sp³-hybridized carbons (Fsp3) is 0.273. The van der Waals surface area contributed by atoms with Crippen LogP contribution >= 0.6 is 53.5 Å². The molecule has 0 N–H and O–H groups in total. The van der Waals surface area contributed by atoms with E-state index in [9.17, 15) is 9.59 Å². The first-order valence-electron chi connectivity index (χ1n) is 5.22. The highest BCUT2D eigenvalue weighted by atomic mass is 35.8. The zero-order valence-electron chi connectivity index (χ0n) is 10.8. The van der Waals surface area contributed by atoms with Gasteiger partial charge in [0, 0.05) is 4.90 Å². The van der Waals surface area contributed by atoms with Crippen molar-refractivity contribution in [2.45, 2.75) is 11.8 Å². The zero-order chi connectivity index (χ0) is 16.0. The molecule has 0 heterocycles. The third kappa shape index (κ3) is 18.4. The lowest BCUT2D eigenvalue weighted by atomic mass is 10.4. The Balaban J connectivity index is 0. The first kappa shape index (κ1) is 22.7. The van der Waals surface area contributed by atoms with Crippen molar-refractivity contribution in [2.75, 3.05) is 12.9 Å². The van der Waals surface area contributed by atoms with Gasteiger partial charge in [0.2, 0.25) is 0 Å². The minimum absolute atomic E-state index is 0.178. The predicted octanol–water partition coefficient (Wildman–Crippen LogP) is 4.41. The number of hydrogen-bond donors (Lipinski definition) is 0. The molecule has 3 nitrogen and oxygen atoms in total. The van der Waals surface area contributed by atoms with Crippen molar-refractivity contribution in [3.63, 3.8) is 0 Å². The summed E-state index contributed by atoms with van der Waals surface area (Å²) in [6.45, 7) is 1.77. The largest absolute Gasteiger partial charge is 0.643 e. The second kappa shape index (κ2) is 15.8. The van der Waals surface area contributed by atoms with Crippen LogP contribution in [0.4, 0.5) is 0 Å². The SMILES string of the molecule is CCOC(=O)C(=O)Cl.CSc1ccccc1.[Cl][Al]([Cl])[Cl]. The van der Waals surface area contributed by atoms with Crippen LogP contribution < -0.4 is 0 Å². The van der Waals surface area contributed by atoms with E-state index < -0.39 is 22.6 Å². The van der Waals surface area contributed by atoms with Gasteiger partial charge in [-0.2, -0.15) is 0 Å². The minimum atomic E-state index is -1.72. The molecule has 0 aliphatic heterocycles. The molecule has 0 spiro atoms. The van der Waals surface area contributed by atoms with Crippen LogP contribution in [0.25, 0.3) is 0 Å². The Morgan fingerprint density at radius 3 is 1.85 bits per heavy atom. The Hall–Kier alpha value is 0.402. The zero-order valence-corrected chi connectivity index (χ0v) is 15.8. The molecule has 9 heteroatoms. The van der Waals surface area contributed by atoms with Crippen LogP contribution in [0.3, 0.4) is 0 Å². The van der Waals surface area contributed by atoms with Gasteiger partial charge in [-0.3, -0.25) is 4.79 Å². The number of carbonyl (C=O) groups excluding carboxylic acids is 2. The predicted molar refractivity (Wildman–Crippen MR) is 89.0 cm³/mol. The van der Waals surface area contributed by atoms with Gasteiger partial charge in [0.15, 0.2) is 0 Å². The monoisotopic (exact) mass is 392 g/mol. The van der Waals surface area contributed by atoms with Crippen molar-refractivity contribution in [3.05, 3.63) is 30.3 Å². The van der Waals surface area contributed by atoms with Gasteiger partial charge in [0.25, 0.3) is 0 Å². The normalized spacial score (nSPS) is 8.30. The molecule has 0 unspecified atom stereocenters. The smallest absolute Gasteiger partial charge is 0.459 e. The first-order valence-corrected chi connectivity index (χ1v) is 12.1. The fourth-order valence-electron chi connectivity index (χ4n) is 0.744. The lowest BCUT2D eigenvalue weighted by Gasteiger charge is -1.91. The lowest BCUT2D eigenvalue weighted by molar-refractivity contribution is -0.149. The van der Waals surface area contributed by atoms with Gasteiger partial charge in [-0.05, 0) is 36.9 Å². The molecule has 1 aromatic carbocycles. The highest BCUT2D eigenvalue weighted by Crippen LogP contribution is 2.11. The van der Waals surface area contributed by atoms with E-state index in [4.69, 9.17) is 41.7 Å². The standard InChI is InChI=1S/C7H8S.C4H5ClO3.Al.3ClH/c1-8-7-5-3-2-4-6-7;1-2-8-4(7)3(5)6;;;;/h2-6H,1H3;2H2,1H3;;3*1H/q;;+3;;;/p-3. The molecule has 0 radical (unpaired) electrons. The summed E-state index contributed by atoms with van der Waals surface area (Å²) in [7, 11) is 14.8. The number of ether oxygens (including phenoxy) is 1. The second-order valence-electron chi connectivity index (χ2n) is 2.76. The van der Waals surface area contributed by atoms with Crippen LogP contribution in [0, 0.1) is 0 Å². The number of hydrogen-bond acceptors (Lipinski definition) is 4. The van der Waals surface area contributed by atoms with E-state index in [1.165, 1.54) is 4.90 Å². The summed E-state index contributed by atoms with van der Waals surface area (Å²) >= 11 is 4.74. The third-order valence-electron chi connectivity index (χ3n) is 1.41. The topological polar surface area (TPSA) is 43.4 Å². The van der Waals surface area contributed by atoms with Gasteiger partial charge in [-0.25, -0.2) is 34.9 Å². The summed E-state index contributed by atoms with van der Waals surface area (Å²) in [6.07, 6.45) is 2.08. The molecule has 0 aliphatic carbocycles. The molecule has 20 heavy (non-hydrogen) atoms. The molecule has 1 rings (SSSR count). The maximum absolute atomic E-state index is 10.0. The highest BCUT2D eigenvalue weighted by Gasteiger charge is 2.08. The average molecular weight is 394 g/mol. The van der Waals surface area contributed by atoms with Crippen molar-refractivity contribution in [3.8, 4) is 0 Å². The van der Waals surface area contributed by atoms with E-state index in [2.05, 4.69) is 23.1 Å². The van der Waals surface area contributed by atoms with Crippen LogP contribution in [0.2, 0.25) is 0 Å². The number of rotatable bonds is 3. The summed E-state index contributed by atoms with van der Waals surface area (Å²) in [4.78, 5) is 21.2. The molecule has 0 saturated heterocycles. The van der Waals surface area contributed by atoms with E-state index in [0.717, 1.165) is 0 Å². The van der Waals surface area contributed by atoms with Crippen molar-refractivity contribution in [1.29, 1.82) is 0 Å². The van der Waals surface area contributed by atoms with E-state index in [-0.39, 0.29) is 6.61 Å². The van der Waals surface area contributed by atoms with Crippen molar-refractivity contribution < 1.29 is 14.3 Å². The molecule has 0 atom stereocenters. The van der Waals surface area contributed by atoms with Crippen LogP contribution in [-0.4, -0.2) is 35.5 Å². The van der Waals surface area contributed by atoms with Crippen LogP contribution in [0.15, 0.2) is 35.2 Å². The lowest BCUT2D eigenvalue weighted by Crippen LogP contribution is -2.10. The van der Waals surface area contributed by atoms with Gasteiger partial charge < -0.3 is 4.74 Å². The Kier molecular flexibility index (Phi) is 17.9. The maximum atomic E-state index is 10.0. The Labute approximate surface area is 144 Å². The summed E-state index contributed by atoms with van der Waals surface area (Å²) in [6, 6.07) is 10.3. The fourth-order valence-corrected chi connectivity index (χ4v) is 1.23. The van der Waals surface area contributed by atoms with Gasteiger partial charge in [0.1, 0.15) is 0 Å². The molecule has 1 aromatic rings. The van der Waals surface area contributed by atoms with Crippen molar-refractivity contribution in [1.82, 2.24) is 0 Å². The number of carbonyl (C=O) groups is 2. The number of thioether (sulfide) groups is 1. The molecule has 0 fully saturated rings. The van der Waals surface area contributed by atoms with Gasteiger partial charge in [-0.1, -0.05) is 18.2 Å². The molecule has 0 aromatic heterocycles. The molecule has 0 amide bonds. The molecule has 0 saturated carbocycles. The molecular weight excluding hydrogens is 381 g/mol. The van der Waals surface area contributed by atoms with E-state index in [0.29, 0.717) is 0 Å². The average Bonchev–Trinajstić information content (AvgIpc) is 2.40. The summed E-state index contributed by atoms with van der Waals surface area (Å²) in [5, 5.41) is -1.08. The Bertz CT molecular complexity index is 376. The van der Waals surface area contributed by atoms with Crippen molar-refractivity contribution in [2.24, 2.45) is 0 Å². The Morgan fingerprint density at radius 2 is 1.65 bits per heavy atom. The molecule has 0 aliphatic rings. The third-order valence-corrected chi connectivity index (χ3v) is 2.31. The van der Waals surface area contributed by atoms with E-state index >= 15 is 0 Å². The van der Waals surface area contributed by atoms with Crippen LogP contribution in [-0.2, 0) is 14.3 Å². The molecule has 112 valence electrons. The highest BCUT2D eigenvalue weighted by molar-refractivity contribution is 7.98. The second-order valence-corrected chi connectivity index (χ2v) is 10.4. The number of esters is 1. The van der Waals surface area contributed by atoms with Crippen LogP contribution in [0.1, 0.15) is 6.92 Å².